The zero-order valence-corrected chi connectivity index (χ0v) is 12.1. The van der Waals surface area contributed by atoms with Crippen LogP contribution in [0.4, 0.5) is 0 Å². The minimum atomic E-state index is -0.770. The van der Waals surface area contributed by atoms with Crippen molar-refractivity contribution in [2.75, 3.05) is 0 Å². The molecule has 3 nitrogen and oxygen atoms in total. The molecular formula is C13H15ClN2OS. The van der Waals surface area contributed by atoms with Gasteiger partial charge in [0.1, 0.15) is 6.10 Å². The Morgan fingerprint density at radius 3 is 2.56 bits per heavy atom. The van der Waals surface area contributed by atoms with Crippen LogP contribution in [0.15, 0.2) is 24.3 Å². The summed E-state index contributed by atoms with van der Waals surface area (Å²) in [6.07, 6.45) is -0.770. The highest BCUT2D eigenvalue weighted by Crippen LogP contribution is 2.35. The lowest BCUT2D eigenvalue weighted by Gasteiger charge is -2.19. The Kier molecular flexibility index (Phi) is 3.71. The summed E-state index contributed by atoms with van der Waals surface area (Å²) in [5, 5.41) is 15.1. The molecule has 2 rings (SSSR count). The van der Waals surface area contributed by atoms with Crippen molar-refractivity contribution < 1.29 is 5.11 Å². The molecule has 0 amide bonds. The van der Waals surface area contributed by atoms with Gasteiger partial charge >= 0.3 is 0 Å². The van der Waals surface area contributed by atoms with Crippen LogP contribution in [0.2, 0.25) is 5.02 Å². The molecule has 96 valence electrons. The monoisotopic (exact) mass is 282 g/mol. The van der Waals surface area contributed by atoms with Crippen molar-refractivity contribution in [1.29, 1.82) is 0 Å². The van der Waals surface area contributed by atoms with E-state index in [4.69, 9.17) is 11.6 Å². The first-order valence-electron chi connectivity index (χ1n) is 5.66. The minimum absolute atomic E-state index is 0.148. The second-order valence-electron chi connectivity index (χ2n) is 5.16. The fourth-order valence-corrected chi connectivity index (χ4v) is 2.84. The average molecular weight is 283 g/mol. The molecule has 1 unspecified atom stereocenters. The summed E-state index contributed by atoms with van der Waals surface area (Å²) in [5.74, 6) is 0. The van der Waals surface area contributed by atoms with Crippen molar-refractivity contribution in [3.05, 3.63) is 45.4 Å². The Morgan fingerprint density at radius 1 is 1.28 bits per heavy atom. The summed E-state index contributed by atoms with van der Waals surface area (Å²) in [4.78, 5) is 0.760. The van der Waals surface area contributed by atoms with E-state index in [-0.39, 0.29) is 5.41 Å². The van der Waals surface area contributed by atoms with E-state index in [1.54, 1.807) is 6.07 Å². The van der Waals surface area contributed by atoms with Crippen LogP contribution in [-0.2, 0) is 5.41 Å². The van der Waals surface area contributed by atoms with Crippen LogP contribution in [-0.4, -0.2) is 14.7 Å². The van der Waals surface area contributed by atoms with Gasteiger partial charge in [0.2, 0.25) is 0 Å². The van der Waals surface area contributed by atoms with Gasteiger partial charge in [-0.2, -0.15) is 0 Å². The predicted octanol–water partition coefficient (Wildman–Crippen LogP) is 3.57. The normalized spacial score (nSPS) is 13.6. The number of nitrogens with zero attached hydrogens (tertiary/aromatic N) is 2. The van der Waals surface area contributed by atoms with E-state index in [0.717, 1.165) is 10.6 Å². The van der Waals surface area contributed by atoms with Gasteiger partial charge in [-0.05, 0) is 17.6 Å². The van der Waals surface area contributed by atoms with Gasteiger partial charge in [-0.25, -0.2) is 0 Å². The molecule has 0 fully saturated rings. The lowest BCUT2D eigenvalue weighted by molar-refractivity contribution is 0.221. The van der Waals surface area contributed by atoms with E-state index in [1.807, 2.05) is 39.0 Å². The number of benzene rings is 1. The van der Waals surface area contributed by atoms with E-state index in [9.17, 15) is 5.11 Å². The van der Waals surface area contributed by atoms with Crippen molar-refractivity contribution in [2.24, 2.45) is 0 Å². The first-order valence-corrected chi connectivity index (χ1v) is 6.81. The first-order chi connectivity index (χ1) is 8.41. The topological polar surface area (TPSA) is 46.0 Å². The van der Waals surface area contributed by atoms with Crippen LogP contribution >= 0.6 is 23.1 Å². The maximum atomic E-state index is 10.5. The van der Waals surface area contributed by atoms with Crippen LogP contribution in [0, 0.1) is 0 Å². The number of aliphatic hydroxyl groups excluding tert-OH is 1. The molecule has 1 atom stereocenters. The first kappa shape index (κ1) is 13.5. The average Bonchev–Trinajstić information content (AvgIpc) is 2.77. The molecule has 0 aliphatic carbocycles. The van der Waals surface area contributed by atoms with Gasteiger partial charge < -0.3 is 5.11 Å². The Balaban J connectivity index is 2.45. The highest BCUT2D eigenvalue weighted by atomic mass is 35.5. The number of halogens is 1. The molecule has 1 N–H and O–H groups in total. The molecule has 18 heavy (non-hydrogen) atoms. The van der Waals surface area contributed by atoms with Crippen LogP contribution in [0.5, 0.6) is 0 Å². The maximum absolute atomic E-state index is 10.5. The zero-order chi connectivity index (χ0) is 13.3. The molecule has 0 bridgehead atoms. The predicted molar refractivity (Wildman–Crippen MR) is 74.1 cm³/mol. The third-order valence-electron chi connectivity index (χ3n) is 2.67. The summed E-state index contributed by atoms with van der Waals surface area (Å²) in [6, 6.07) is 7.29. The minimum Gasteiger partial charge on any atom is -0.383 e. The van der Waals surface area contributed by atoms with Crippen molar-refractivity contribution in [3.8, 4) is 0 Å². The Morgan fingerprint density at radius 2 is 1.94 bits per heavy atom. The van der Waals surface area contributed by atoms with Crippen LogP contribution in [0.3, 0.4) is 0 Å². The van der Waals surface area contributed by atoms with Crippen LogP contribution < -0.4 is 0 Å². The van der Waals surface area contributed by atoms with Gasteiger partial charge in [0.25, 0.3) is 0 Å². The van der Waals surface area contributed by atoms with Crippen LogP contribution in [0.1, 0.15) is 43.0 Å². The third kappa shape index (κ3) is 2.55. The molecule has 1 aromatic heterocycles. The molecule has 0 saturated heterocycles. The smallest absolute Gasteiger partial charge is 0.118 e. The van der Waals surface area contributed by atoms with Gasteiger partial charge in [-0.3, -0.25) is 0 Å². The molecule has 1 aromatic carbocycles. The number of rotatable bonds is 2. The lowest BCUT2D eigenvalue weighted by Crippen LogP contribution is -2.16. The number of hydrogen-bond acceptors (Lipinski definition) is 4. The van der Waals surface area contributed by atoms with Gasteiger partial charge in [0, 0.05) is 16.0 Å². The zero-order valence-electron chi connectivity index (χ0n) is 10.5. The molecule has 0 spiro atoms. The quantitative estimate of drug-likeness (QED) is 0.916. The maximum Gasteiger partial charge on any atom is 0.118 e. The Hall–Kier alpha value is -0.970. The second kappa shape index (κ2) is 4.96. The fraction of sp³-hybridized carbons (Fsp3) is 0.385. The van der Waals surface area contributed by atoms with Crippen LogP contribution in [0.25, 0.3) is 0 Å². The van der Waals surface area contributed by atoms with Crippen molar-refractivity contribution in [1.82, 2.24) is 9.59 Å². The van der Waals surface area contributed by atoms with E-state index in [1.165, 1.54) is 11.5 Å². The summed E-state index contributed by atoms with van der Waals surface area (Å²) in [7, 11) is 0. The Labute approximate surface area is 116 Å². The SMILES string of the molecule is CC(C)(C)c1nnsc1C(O)c1ccccc1Cl. The van der Waals surface area contributed by atoms with E-state index in [0.29, 0.717) is 10.6 Å². The molecule has 5 heteroatoms. The Bertz CT molecular complexity index is 548. The fourth-order valence-electron chi connectivity index (χ4n) is 1.73. The van der Waals surface area contributed by atoms with Crippen molar-refractivity contribution in [2.45, 2.75) is 32.3 Å². The summed E-state index contributed by atoms with van der Waals surface area (Å²) >= 11 is 7.32. The highest BCUT2D eigenvalue weighted by molar-refractivity contribution is 7.05. The van der Waals surface area contributed by atoms with Gasteiger partial charge in [-0.15, -0.1) is 5.10 Å². The van der Waals surface area contributed by atoms with Gasteiger partial charge in [-0.1, -0.05) is 55.1 Å². The lowest BCUT2D eigenvalue weighted by atomic mass is 9.89. The van der Waals surface area contributed by atoms with Gasteiger partial charge in [0.15, 0.2) is 0 Å². The molecule has 2 aromatic rings. The summed E-state index contributed by atoms with van der Waals surface area (Å²) in [5.41, 5.74) is 1.36. The molecule has 0 aliphatic rings. The summed E-state index contributed by atoms with van der Waals surface area (Å²) in [6.45, 7) is 6.14. The van der Waals surface area contributed by atoms with Crippen molar-refractivity contribution >= 4 is 23.1 Å². The van der Waals surface area contributed by atoms with E-state index in [2.05, 4.69) is 9.59 Å². The second-order valence-corrected chi connectivity index (χ2v) is 6.35. The molecule has 0 saturated carbocycles. The molecule has 0 aliphatic heterocycles. The molecular weight excluding hydrogens is 268 g/mol. The number of aromatic nitrogens is 2. The van der Waals surface area contributed by atoms with Crippen molar-refractivity contribution in [3.63, 3.8) is 0 Å². The number of hydrogen-bond donors (Lipinski definition) is 1. The largest absolute Gasteiger partial charge is 0.383 e. The third-order valence-corrected chi connectivity index (χ3v) is 3.79. The number of aliphatic hydroxyl groups is 1. The molecule has 0 radical (unpaired) electrons. The van der Waals surface area contributed by atoms with E-state index >= 15 is 0 Å². The molecule has 1 heterocycles. The van der Waals surface area contributed by atoms with Gasteiger partial charge in [0.05, 0.1) is 10.6 Å². The standard InChI is InChI=1S/C13H15ClN2OS/c1-13(2,3)12-11(18-16-15-12)10(17)8-6-4-5-7-9(8)14/h4-7,10,17H,1-3H3. The highest BCUT2D eigenvalue weighted by Gasteiger charge is 2.27. The van der Waals surface area contributed by atoms with E-state index < -0.39 is 6.10 Å². The summed E-state index contributed by atoms with van der Waals surface area (Å²) < 4.78 is 3.95.